The molecule has 0 bridgehead atoms. The van der Waals surface area contributed by atoms with Crippen LogP contribution in [0.5, 0.6) is 0 Å². The van der Waals surface area contributed by atoms with Gasteiger partial charge < -0.3 is 5.32 Å². The Kier molecular flexibility index (Phi) is 3.69. The third kappa shape index (κ3) is 2.66. The summed E-state index contributed by atoms with van der Waals surface area (Å²) in [4.78, 5) is 25.9. The van der Waals surface area contributed by atoms with Gasteiger partial charge in [0.2, 0.25) is 5.91 Å². The lowest BCUT2D eigenvalue weighted by Crippen LogP contribution is -2.42. The summed E-state index contributed by atoms with van der Waals surface area (Å²) in [6.07, 6.45) is 0. The van der Waals surface area contributed by atoms with Gasteiger partial charge >= 0.3 is 0 Å². The lowest BCUT2D eigenvalue weighted by molar-refractivity contribution is -0.115. The van der Waals surface area contributed by atoms with E-state index in [1.165, 1.54) is 4.90 Å². The van der Waals surface area contributed by atoms with Crippen molar-refractivity contribution in [3.63, 3.8) is 0 Å². The Morgan fingerprint density at radius 1 is 1.24 bits per heavy atom. The number of rotatable bonds is 1. The zero-order valence-corrected chi connectivity index (χ0v) is 13.1. The minimum Gasteiger partial charge on any atom is -0.323 e. The number of para-hydroxylation sites is 2. The molecule has 0 saturated heterocycles. The highest BCUT2D eigenvalue weighted by atomic mass is 79.9. The lowest BCUT2D eigenvalue weighted by Gasteiger charge is -2.29. The highest BCUT2D eigenvalue weighted by molar-refractivity contribution is 9.10. The summed E-state index contributed by atoms with van der Waals surface area (Å²) in [5.74, 6) is -0.465. The first kappa shape index (κ1) is 14.1. The Bertz CT molecular complexity index is 748. The van der Waals surface area contributed by atoms with Gasteiger partial charge in [-0.05, 0) is 46.3 Å². The molecule has 0 spiro atoms. The summed E-state index contributed by atoms with van der Waals surface area (Å²) >= 11 is 9.23. The van der Waals surface area contributed by atoms with Crippen LogP contribution in [0.4, 0.5) is 11.4 Å². The van der Waals surface area contributed by atoms with E-state index in [9.17, 15) is 9.59 Å². The van der Waals surface area contributed by atoms with Crippen molar-refractivity contribution in [3.05, 3.63) is 57.5 Å². The number of halogens is 2. The maximum absolute atomic E-state index is 12.7. The Labute approximate surface area is 134 Å². The van der Waals surface area contributed by atoms with Crippen LogP contribution in [-0.2, 0) is 4.79 Å². The van der Waals surface area contributed by atoms with Crippen LogP contribution in [0.15, 0.2) is 46.9 Å². The van der Waals surface area contributed by atoms with Crippen molar-refractivity contribution in [2.75, 3.05) is 16.8 Å². The molecule has 0 saturated carbocycles. The van der Waals surface area contributed by atoms with Crippen LogP contribution in [0.2, 0.25) is 5.02 Å². The quantitative estimate of drug-likeness (QED) is 0.837. The van der Waals surface area contributed by atoms with Gasteiger partial charge in [-0.1, -0.05) is 23.7 Å². The molecule has 0 atom stereocenters. The summed E-state index contributed by atoms with van der Waals surface area (Å²) in [6, 6.07) is 12.2. The number of benzene rings is 2. The van der Waals surface area contributed by atoms with Gasteiger partial charge in [-0.2, -0.15) is 0 Å². The molecule has 2 aromatic carbocycles. The topological polar surface area (TPSA) is 49.4 Å². The van der Waals surface area contributed by atoms with Gasteiger partial charge in [-0.15, -0.1) is 0 Å². The molecular weight excluding hydrogens is 356 g/mol. The van der Waals surface area contributed by atoms with Gasteiger partial charge in [0.15, 0.2) is 0 Å². The van der Waals surface area contributed by atoms with Gasteiger partial charge in [0.1, 0.15) is 6.54 Å². The van der Waals surface area contributed by atoms with Crippen molar-refractivity contribution in [2.24, 2.45) is 0 Å². The van der Waals surface area contributed by atoms with Crippen molar-refractivity contribution in [1.82, 2.24) is 0 Å². The fourth-order valence-electron chi connectivity index (χ4n) is 2.22. The Hall–Kier alpha value is -1.85. The number of anilines is 2. The summed E-state index contributed by atoms with van der Waals surface area (Å²) in [6.45, 7) is -0.00901. The zero-order chi connectivity index (χ0) is 15.0. The molecule has 4 nitrogen and oxygen atoms in total. The molecule has 2 amide bonds. The van der Waals surface area contributed by atoms with Crippen molar-refractivity contribution >= 4 is 50.7 Å². The molecule has 0 unspecified atom stereocenters. The SMILES string of the molecule is O=C1CN(C(=O)c2ccc(Cl)cc2Br)c2ccccc2N1. The van der Waals surface area contributed by atoms with Crippen LogP contribution in [0.1, 0.15) is 10.4 Å². The molecule has 0 radical (unpaired) electrons. The van der Waals surface area contributed by atoms with Gasteiger partial charge in [0.05, 0.1) is 16.9 Å². The fourth-order valence-corrected chi connectivity index (χ4v) is 3.08. The number of nitrogens with one attached hydrogen (secondary N) is 1. The largest absolute Gasteiger partial charge is 0.323 e. The molecule has 1 aliphatic heterocycles. The van der Waals surface area contributed by atoms with Gasteiger partial charge in [0, 0.05) is 9.50 Å². The molecule has 2 aromatic rings. The third-order valence-electron chi connectivity index (χ3n) is 3.18. The summed E-state index contributed by atoms with van der Waals surface area (Å²) in [5.41, 5.74) is 1.78. The second kappa shape index (κ2) is 5.50. The number of hydrogen-bond donors (Lipinski definition) is 1. The first-order valence-corrected chi connectivity index (χ1v) is 7.39. The highest BCUT2D eigenvalue weighted by Gasteiger charge is 2.28. The molecule has 0 aliphatic carbocycles. The smallest absolute Gasteiger partial charge is 0.259 e. The minimum atomic E-state index is -0.249. The average Bonchev–Trinajstić information content (AvgIpc) is 2.45. The van der Waals surface area contributed by atoms with Gasteiger partial charge in [-0.25, -0.2) is 0 Å². The van der Waals surface area contributed by atoms with E-state index >= 15 is 0 Å². The third-order valence-corrected chi connectivity index (χ3v) is 4.07. The van der Waals surface area contributed by atoms with Gasteiger partial charge in [0.25, 0.3) is 5.91 Å². The Morgan fingerprint density at radius 2 is 2.00 bits per heavy atom. The monoisotopic (exact) mass is 364 g/mol. The molecule has 0 fully saturated rings. The number of carbonyl (C=O) groups is 2. The number of carbonyl (C=O) groups excluding carboxylic acids is 2. The fraction of sp³-hybridized carbons (Fsp3) is 0.0667. The van der Waals surface area contributed by atoms with Crippen molar-refractivity contribution in [1.29, 1.82) is 0 Å². The average molecular weight is 366 g/mol. The second-order valence-electron chi connectivity index (χ2n) is 4.58. The van der Waals surface area contributed by atoms with Crippen molar-refractivity contribution in [3.8, 4) is 0 Å². The van der Waals surface area contributed by atoms with Crippen molar-refractivity contribution in [2.45, 2.75) is 0 Å². The van der Waals surface area contributed by atoms with E-state index in [1.54, 1.807) is 30.3 Å². The predicted octanol–water partition coefficient (Wildman–Crippen LogP) is 3.70. The number of hydrogen-bond acceptors (Lipinski definition) is 2. The molecule has 3 rings (SSSR count). The van der Waals surface area contributed by atoms with E-state index < -0.39 is 0 Å². The zero-order valence-electron chi connectivity index (χ0n) is 10.8. The normalized spacial score (nSPS) is 13.6. The predicted molar refractivity (Wildman–Crippen MR) is 85.9 cm³/mol. The van der Waals surface area contributed by atoms with Crippen LogP contribution in [0, 0.1) is 0 Å². The molecular formula is C15H10BrClN2O2. The standard InChI is InChI=1S/C15H10BrClN2O2/c16-11-7-9(17)5-6-10(11)15(21)19-8-14(20)18-12-3-1-2-4-13(12)19/h1-7H,8H2,(H,18,20). The number of fused-ring (bicyclic) bond motifs is 1. The molecule has 21 heavy (non-hydrogen) atoms. The first-order chi connectivity index (χ1) is 10.1. The second-order valence-corrected chi connectivity index (χ2v) is 5.87. The Balaban J connectivity index is 2.04. The first-order valence-electron chi connectivity index (χ1n) is 6.22. The van der Waals surface area contributed by atoms with Crippen LogP contribution in [0.3, 0.4) is 0 Å². The number of nitrogens with zero attached hydrogens (tertiary/aromatic N) is 1. The minimum absolute atomic E-state index is 0.00901. The summed E-state index contributed by atoms with van der Waals surface area (Å²) < 4.78 is 0.600. The van der Waals surface area contributed by atoms with E-state index in [4.69, 9.17) is 11.6 Å². The van der Waals surface area contributed by atoms with E-state index in [0.717, 1.165) is 0 Å². The molecule has 1 heterocycles. The summed E-state index contributed by atoms with van der Waals surface area (Å²) in [5, 5.41) is 3.29. The van der Waals surface area contributed by atoms with E-state index in [0.29, 0.717) is 26.4 Å². The molecule has 106 valence electrons. The molecule has 1 aliphatic rings. The van der Waals surface area contributed by atoms with Crippen LogP contribution in [0.25, 0.3) is 0 Å². The van der Waals surface area contributed by atoms with Crippen LogP contribution < -0.4 is 10.2 Å². The van der Waals surface area contributed by atoms with Gasteiger partial charge in [-0.3, -0.25) is 14.5 Å². The van der Waals surface area contributed by atoms with E-state index in [1.807, 2.05) is 12.1 Å². The molecule has 0 aromatic heterocycles. The number of amides is 2. The Morgan fingerprint density at radius 3 is 2.76 bits per heavy atom. The maximum Gasteiger partial charge on any atom is 0.259 e. The molecule has 6 heteroatoms. The van der Waals surface area contributed by atoms with Crippen molar-refractivity contribution < 1.29 is 9.59 Å². The highest BCUT2D eigenvalue weighted by Crippen LogP contribution is 2.31. The molecule has 1 N–H and O–H groups in total. The van der Waals surface area contributed by atoms with Crippen LogP contribution in [-0.4, -0.2) is 18.4 Å². The lowest BCUT2D eigenvalue weighted by atomic mass is 10.1. The van der Waals surface area contributed by atoms with E-state index in [2.05, 4.69) is 21.2 Å². The maximum atomic E-state index is 12.7. The van der Waals surface area contributed by atoms with Crippen LogP contribution >= 0.6 is 27.5 Å². The van der Waals surface area contributed by atoms with E-state index in [-0.39, 0.29) is 18.4 Å². The summed E-state index contributed by atoms with van der Waals surface area (Å²) in [7, 11) is 0.